The molecule has 2 heterocycles. The lowest BCUT2D eigenvalue weighted by Crippen LogP contribution is -2.42. The van der Waals surface area contributed by atoms with E-state index in [4.69, 9.17) is 4.42 Å². The summed E-state index contributed by atoms with van der Waals surface area (Å²) in [5, 5.41) is 4.51. The van der Waals surface area contributed by atoms with E-state index < -0.39 is 0 Å². The van der Waals surface area contributed by atoms with E-state index in [1.807, 2.05) is 39.0 Å². The average molecular weight is 313 g/mol. The van der Waals surface area contributed by atoms with Crippen LogP contribution >= 0.6 is 0 Å². The van der Waals surface area contributed by atoms with E-state index in [-0.39, 0.29) is 23.8 Å². The van der Waals surface area contributed by atoms with Crippen molar-refractivity contribution in [1.29, 1.82) is 0 Å². The summed E-state index contributed by atoms with van der Waals surface area (Å²) in [7, 11) is 0. The van der Waals surface area contributed by atoms with Crippen LogP contribution in [0.3, 0.4) is 0 Å². The highest BCUT2D eigenvalue weighted by molar-refractivity contribution is 6.01. The first-order chi connectivity index (χ1) is 10.9. The predicted molar refractivity (Wildman–Crippen MR) is 88.1 cm³/mol. The summed E-state index contributed by atoms with van der Waals surface area (Å²) in [5.74, 6) is 0.388. The van der Waals surface area contributed by atoms with Crippen molar-refractivity contribution in [1.82, 2.24) is 4.90 Å². The molecule has 1 aliphatic heterocycles. The highest BCUT2D eigenvalue weighted by Gasteiger charge is 2.37. The maximum Gasteiger partial charge on any atom is 0.228 e. The van der Waals surface area contributed by atoms with E-state index >= 15 is 0 Å². The summed E-state index contributed by atoms with van der Waals surface area (Å²) < 4.78 is 5.36. The third-order valence-corrected chi connectivity index (χ3v) is 4.56. The Bertz CT molecular complexity index is 761. The zero-order chi connectivity index (χ0) is 16.6. The topological polar surface area (TPSA) is 62.6 Å². The molecule has 1 radical (unpaired) electrons. The van der Waals surface area contributed by atoms with Crippen molar-refractivity contribution in [3.8, 4) is 0 Å². The van der Waals surface area contributed by atoms with Crippen molar-refractivity contribution in [3.05, 3.63) is 30.0 Å². The molecule has 1 aromatic heterocycles. The normalized spacial score (nSPS) is 17.0. The highest BCUT2D eigenvalue weighted by atomic mass is 16.3. The quantitative estimate of drug-likeness (QED) is 0.942. The number of amides is 2. The molecule has 0 unspecified atom stereocenters. The van der Waals surface area contributed by atoms with Gasteiger partial charge in [0.2, 0.25) is 17.7 Å². The van der Waals surface area contributed by atoms with Crippen LogP contribution in [0.25, 0.3) is 10.8 Å². The minimum absolute atomic E-state index is 0.121. The van der Waals surface area contributed by atoms with Crippen LogP contribution in [-0.2, 0) is 9.59 Å². The van der Waals surface area contributed by atoms with Crippen LogP contribution < -0.4 is 5.32 Å². The molecule has 3 rings (SSSR count). The predicted octanol–water partition coefficient (Wildman–Crippen LogP) is 3.27. The van der Waals surface area contributed by atoms with Gasteiger partial charge >= 0.3 is 0 Å². The Hall–Kier alpha value is -2.30. The molecule has 5 heteroatoms. The summed E-state index contributed by atoms with van der Waals surface area (Å²) in [5.41, 5.74) is 0.859. The van der Waals surface area contributed by atoms with E-state index in [9.17, 15) is 9.59 Å². The van der Waals surface area contributed by atoms with Crippen LogP contribution in [0, 0.1) is 13.2 Å². The van der Waals surface area contributed by atoms with Gasteiger partial charge in [0, 0.05) is 35.7 Å². The molecule has 1 aromatic carbocycles. The van der Waals surface area contributed by atoms with Crippen LogP contribution in [0.2, 0.25) is 0 Å². The molecule has 0 bridgehead atoms. The third kappa shape index (κ3) is 2.96. The maximum absolute atomic E-state index is 12.2. The molecule has 5 nitrogen and oxygen atoms in total. The van der Waals surface area contributed by atoms with Crippen LogP contribution in [0.15, 0.2) is 22.6 Å². The zero-order valence-electron chi connectivity index (χ0n) is 13.7. The van der Waals surface area contributed by atoms with Gasteiger partial charge in [0.15, 0.2) is 6.26 Å². The summed E-state index contributed by atoms with van der Waals surface area (Å²) in [4.78, 5) is 25.9. The fraction of sp³-hybridized carbons (Fsp3) is 0.444. The van der Waals surface area contributed by atoms with E-state index in [0.717, 1.165) is 22.8 Å². The monoisotopic (exact) mass is 313 g/mol. The number of carbonyl (C=O) groups is 2. The number of carbonyl (C=O) groups excluding carboxylic acids is 2. The van der Waals surface area contributed by atoms with Gasteiger partial charge in [-0.25, -0.2) is 0 Å². The standard InChI is InChI=1S/C18H21N2O3/c1-12-5-4-6-13-11-23-17(16(12)13)19-14(21)8-10-20-15(22)7-9-18(20,2)3/h4-6H,7-10H2,1-3H3,(H,19,21). The SMILES string of the molecule is Cc1cccc2[c]oc(NC(=O)CCN3C(=O)CCC3(C)C)c12. The smallest absolute Gasteiger partial charge is 0.228 e. The Morgan fingerprint density at radius 3 is 2.91 bits per heavy atom. The number of anilines is 1. The Morgan fingerprint density at radius 2 is 2.22 bits per heavy atom. The molecule has 23 heavy (non-hydrogen) atoms. The largest absolute Gasteiger partial charge is 0.436 e. The molecule has 121 valence electrons. The number of hydrogen-bond acceptors (Lipinski definition) is 3. The molecule has 0 saturated carbocycles. The first-order valence-electron chi connectivity index (χ1n) is 7.88. The molecule has 2 aromatic rings. The number of hydrogen-bond donors (Lipinski definition) is 1. The van der Waals surface area contributed by atoms with Crippen molar-refractivity contribution < 1.29 is 14.0 Å². The Morgan fingerprint density at radius 1 is 1.43 bits per heavy atom. The minimum Gasteiger partial charge on any atom is -0.436 e. The van der Waals surface area contributed by atoms with Crippen molar-refractivity contribution in [2.75, 3.05) is 11.9 Å². The number of nitrogens with zero attached hydrogens (tertiary/aromatic N) is 1. The zero-order valence-corrected chi connectivity index (χ0v) is 13.7. The Labute approximate surface area is 135 Å². The number of rotatable bonds is 4. The van der Waals surface area contributed by atoms with Crippen LogP contribution in [0.4, 0.5) is 5.88 Å². The van der Waals surface area contributed by atoms with E-state index in [0.29, 0.717) is 18.8 Å². The molecular formula is C18H21N2O3. The second-order valence-corrected chi connectivity index (χ2v) is 6.69. The Balaban J connectivity index is 1.66. The van der Waals surface area contributed by atoms with Gasteiger partial charge in [-0.15, -0.1) is 0 Å². The van der Waals surface area contributed by atoms with Crippen molar-refractivity contribution in [3.63, 3.8) is 0 Å². The molecule has 1 aliphatic rings. The highest BCUT2D eigenvalue weighted by Crippen LogP contribution is 2.30. The van der Waals surface area contributed by atoms with Gasteiger partial charge in [0.25, 0.3) is 0 Å². The number of aryl methyl sites for hydroxylation is 1. The Kier molecular flexibility index (Phi) is 3.88. The number of likely N-dealkylation sites (tertiary alicyclic amines) is 1. The fourth-order valence-corrected chi connectivity index (χ4v) is 3.15. The number of nitrogens with one attached hydrogen (secondary N) is 1. The molecule has 0 spiro atoms. The van der Waals surface area contributed by atoms with Crippen molar-refractivity contribution >= 4 is 28.5 Å². The first kappa shape index (κ1) is 15.6. The number of furan rings is 1. The second-order valence-electron chi connectivity index (χ2n) is 6.69. The van der Waals surface area contributed by atoms with Gasteiger partial charge in [-0.05, 0) is 32.8 Å². The van der Waals surface area contributed by atoms with Gasteiger partial charge in [0.05, 0.1) is 0 Å². The fourth-order valence-electron chi connectivity index (χ4n) is 3.15. The summed E-state index contributed by atoms with van der Waals surface area (Å²) >= 11 is 0. The summed E-state index contributed by atoms with van der Waals surface area (Å²) in [6.07, 6.45) is 4.45. The van der Waals surface area contributed by atoms with Crippen molar-refractivity contribution in [2.45, 2.75) is 45.6 Å². The van der Waals surface area contributed by atoms with Gasteiger partial charge in [-0.2, -0.15) is 0 Å². The molecule has 1 N–H and O–H groups in total. The first-order valence-corrected chi connectivity index (χ1v) is 7.88. The number of benzene rings is 1. The second kappa shape index (κ2) is 5.72. The third-order valence-electron chi connectivity index (χ3n) is 4.56. The van der Waals surface area contributed by atoms with Crippen LogP contribution in [-0.4, -0.2) is 28.8 Å². The van der Waals surface area contributed by atoms with Crippen LogP contribution in [0.1, 0.15) is 38.7 Å². The van der Waals surface area contributed by atoms with E-state index in [1.165, 1.54) is 0 Å². The van der Waals surface area contributed by atoms with Gasteiger partial charge in [-0.1, -0.05) is 18.2 Å². The molecule has 0 aliphatic carbocycles. The van der Waals surface area contributed by atoms with E-state index in [1.54, 1.807) is 4.90 Å². The molecule has 2 amide bonds. The van der Waals surface area contributed by atoms with Gasteiger partial charge < -0.3 is 9.32 Å². The van der Waals surface area contributed by atoms with E-state index in [2.05, 4.69) is 11.6 Å². The summed E-state index contributed by atoms with van der Waals surface area (Å²) in [6.45, 7) is 6.47. The lowest BCUT2D eigenvalue weighted by atomic mass is 10.0. The van der Waals surface area contributed by atoms with Crippen molar-refractivity contribution in [2.24, 2.45) is 0 Å². The molecule has 1 fully saturated rings. The van der Waals surface area contributed by atoms with Gasteiger partial charge in [0.1, 0.15) is 0 Å². The lowest BCUT2D eigenvalue weighted by molar-refractivity contribution is -0.131. The lowest BCUT2D eigenvalue weighted by Gasteiger charge is -2.31. The minimum atomic E-state index is -0.168. The average Bonchev–Trinajstić information content (AvgIpc) is 3.00. The van der Waals surface area contributed by atoms with Gasteiger partial charge in [-0.3, -0.25) is 14.9 Å². The molecular weight excluding hydrogens is 292 g/mol. The maximum atomic E-state index is 12.2. The van der Waals surface area contributed by atoms with Crippen LogP contribution in [0.5, 0.6) is 0 Å². The molecule has 0 atom stereocenters. The number of fused-ring (bicyclic) bond motifs is 1. The summed E-state index contributed by atoms with van der Waals surface area (Å²) in [6, 6.07) is 5.79. The molecule has 1 saturated heterocycles.